The molecule has 1 aromatic carbocycles. The number of fused-ring (bicyclic) bond motifs is 1. The van der Waals surface area contributed by atoms with Gasteiger partial charge < -0.3 is 20.5 Å². The first kappa shape index (κ1) is 22.7. The molecule has 1 amide bonds. The molecule has 2 atom stereocenters. The molecule has 7 heteroatoms. The molecule has 3 heterocycles. The number of aryl methyl sites for hydroxylation is 1. The Morgan fingerprint density at radius 2 is 2.09 bits per heavy atom. The molecule has 7 nitrogen and oxygen atoms in total. The number of nitrogens with two attached hydrogens (primary N) is 1. The molecule has 1 aliphatic heterocycles. The molecular weight excluding hydrogens is 426 g/mol. The summed E-state index contributed by atoms with van der Waals surface area (Å²) in [6.07, 6.45) is 7.34. The summed E-state index contributed by atoms with van der Waals surface area (Å²) in [7, 11) is 1.75. The minimum absolute atomic E-state index is 0.0319. The van der Waals surface area contributed by atoms with Crippen molar-refractivity contribution in [3.63, 3.8) is 0 Å². The standard InChI is InChI=1S/C27H33N5O2/c1-31-12-8-19(15-25(31)33)23-7-11-29-16-24(23)27(34)32(22-4-5-22)17-21-14-18(6-9-28)13-20-3-2-10-30-26(20)21/h2-3,8,10,12-15,22-24,29H,4-7,9,11,16-17,28H2,1H3/t23-,24+/m1/s1. The molecule has 1 saturated carbocycles. The summed E-state index contributed by atoms with van der Waals surface area (Å²) in [5, 5.41) is 4.50. The number of nitrogens with one attached hydrogen (secondary N) is 1. The fourth-order valence-corrected chi connectivity index (χ4v) is 5.25. The number of hydrogen-bond donors (Lipinski definition) is 2. The van der Waals surface area contributed by atoms with Gasteiger partial charge in [-0.15, -0.1) is 0 Å². The molecule has 0 unspecified atom stereocenters. The van der Waals surface area contributed by atoms with Gasteiger partial charge in [0.1, 0.15) is 0 Å². The summed E-state index contributed by atoms with van der Waals surface area (Å²) < 4.78 is 1.57. The highest BCUT2D eigenvalue weighted by atomic mass is 16.2. The number of hydrogen-bond acceptors (Lipinski definition) is 5. The van der Waals surface area contributed by atoms with Crippen molar-refractivity contribution in [2.75, 3.05) is 19.6 Å². The van der Waals surface area contributed by atoms with Crippen LogP contribution in [0.2, 0.25) is 0 Å². The maximum absolute atomic E-state index is 14.0. The third kappa shape index (κ3) is 4.63. The molecule has 2 fully saturated rings. The van der Waals surface area contributed by atoms with Crippen LogP contribution in [0.5, 0.6) is 0 Å². The van der Waals surface area contributed by atoms with Crippen molar-refractivity contribution in [3.05, 3.63) is 75.8 Å². The summed E-state index contributed by atoms with van der Waals surface area (Å²) in [5.74, 6) is 0.0314. The van der Waals surface area contributed by atoms with E-state index in [9.17, 15) is 9.59 Å². The monoisotopic (exact) mass is 459 g/mol. The lowest BCUT2D eigenvalue weighted by Crippen LogP contribution is -2.47. The Balaban J connectivity index is 1.47. The highest BCUT2D eigenvalue weighted by molar-refractivity contribution is 5.84. The van der Waals surface area contributed by atoms with Crippen molar-refractivity contribution in [1.29, 1.82) is 0 Å². The molecule has 1 aliphatic carbocycles. The number of carbonyl (C=O) groups excluding carboxylic acids is 1. The second kappa shape index (κ2) is 9.68. The van der Waals surface area contributed by atoms with Crippen LogP contribution in [-0.4, -0.2) is 46.0 Å². The molecule has 5 rings (SSSR count). The van der Waals surface area contributed by atoms with Crippen LogP contribution in [0.3, 0.4) is 0 Å². The van der Waals surface area contributed by atoms with Crippen molar-refractivity contribution in [2.45, 2.75) is 44.2 Å². The Bertz CT molecular complexity index is 1250. The Labute approximate surface area is 200 Å². The number of amides is 1. The Hall–Kier alpha value is -3.03. The van der Waals surface area contributed by atoms with Crippen molar-refractivity contribution in [3.8, 4) is 0 Å². The first-order valence-corrected chi connectivity index (χ1v) is 12.3. The van der Waals surface area contributed by atoms with E-state index in [1.165, 1.54) is 5.56 Å². The number of benzene rings is 1. The second-order valence-corrected chi connectivity index (χ2v) is 9.68. The van der Waals surface area contributed by atoms with Gasteiger partial charge in [0.25, 0.3) is 5.56 Å². The molecule has 2 aromatic heterocycles. The number of carbonyl (C=O) groups is 1. The van der Waals surface area contributed by atoms with Crippen LogP contribution in [-0.2, 0) is 24.8 Å². The molecule has 178 valence electrons. The lowest BCUT2D eigenvalue weighted by atomic mass is 9.80. The number of nitrogens with zero attached hydrogens (tertiary/aromatic N) is 3. The van der Waals surface area contributed by atoms with Gasteiger partial charge in [-0.3, -0.25) is 14.6 Å². The summed E-state index contributed by atoms with van der Waals surface area (Å²) in [5.41, 5.74) is 9.99. The average molecular weight is 460 g/mol. The predicted molar refractivity (Wildman–Crippen MR) is 133 cm³/mol. The zero-order valence-electron chi connectivity index (χ0n) is 19.7. The first-order valence-electron chi connectivity index (χ1n) is 12.3. The lowest BCUT2D eigenvalue weighted by Gasteiger charge is -2.36. The summed E-state index contributed by atoms with van der Waals surface area (Å²) >= 11 is 0. The predicted octanol–water partition coefficient (Wildman–Crippen LogP) is 2.32. The molecule has 3 N–H and O–H groups in total. The highest BCUT2D eigenvalue weighted by Crippen LogP contribution is 2.36. The van der Waals surface area contributed by atoms with Crippen LogP contribution in [0, 0.1) is 5.92 Å². The van der Waals surface area contributed by atoms with Crippen LogP contribution >= 0.6 is 0 Å². The maximum atomic E-state index is 14.0. The minimum Gasteiger partial charge on any atom is -0.335 e. The van der Waals surface area contributed by atoms with Gasteiger partial charge in [0, 0.05) is 50.0 Å². The van der Waals surface area contributed by atoms with Gasteiger partial charge in [-0.2, -0.15) is 0 Å². The number of piperidine rings is 1. The quantitative estimate of drug-likeness (QED) is 0.566. The fraction of sp³-hybridized carbons (Fsp3) is 0.444. The number of rotatable bonds is 7. The van der Waals surface area contributed by atoms with E-state index >= 15 is 0 Å². The first-order chi connectivity index (χ1) is 16.5. The molecule has 0 spiro atoms. The molecule has 3 aromatic rings. The number of pyridine rings is 2. The van der Waals surface area contributed by atoms with Gasteiger partial charge in [-0.25, -0.2) is 0 Å². The Kier molecular flexibility index (Phi) is 6.48. The molecule has 0 radical (unpaired) electrons. The largest absolute Gasteiger partial charge is 0.335 e. The van der Waals surface area contributed by atoms with Crippen LogP contribution in [0.15, 0.2) is 53.6 Å². The van der Waals surface area contributed by atoms with Crippen LogP contribution < -0.4 is 16.6 Å². The Morgan fingerprint density at radius 3 is 2.85 bits per heavy atom. The van der Waals surface area contributed by atoms with E-state index in [1.54, 1.807) is 23.9 Å². The van der Waals surface area contributed by atoms with Crippen LogP contribution in [0.4, 0.5) is 0 Å². The SMILES string of the molecule is Cn1ccc([C@H]2CCNC[C@@H]2C(=O)N(Cc2cc(CCN)cc3cccnc23)C2CC2)cc1=O. The molecule has 2 aliphatic rings. The molecule has 1 saturated heterocycles. The second-order valence-electron chi connectivity index (χ2n) is 9.68. The smallest absolute Gasteiger partial charge is 0.250 e. The topological polar surface area (TPSA) is 93.2 Å². The molecular formula is C27H33N5O2. The van der Waals surface area contributed by atoms with E-state index in [1.807, 2.05) is 18.3 Å². The van der Waals surface area contributed by atoms with Gasteiger partial charge in [-0.05, 0) is 79.6 Å². The third-order valence-electron chi connectivity index (χ3n) is 7.24. The normalized spacial score (nSPS) is 20.4. The lowest BCUT2D eigenvalue weighted by molar-refractivity contribution is -0.138. The van der Waals surface area contributed by atoms with Crippen LogP contribution in [0.1, 0.15) is 41.9 Å². The fourth-order valence-electron chi connectivity index (χ4n) is 5.25. The van der Waals surface area contributed by atoms with Crippen molar-refractivity contribution >= 4 is 16.8 Å². The highest BCUT2D eigenvalue weighted by Gasteiger charge is 2.40. The van der Waals surface area contributed by atoms with Crippen molar-refractivity contribution in [1.82, 2.24) is 19.8 Å². The van der Waals surface area contributed by atoms with Gasteiger partial charge in [0.05, 0.1) is 11.4 Å². The van der Waals surface area contributed by atoms with E-state index in [-0.39, 0.29) is 29.3 Å². The van der Waals surface area contributed by atoms with Gasteiger partial charge >= 0.3 is 0 Å². The van der Waals surface area contributed by atoms with Crippen LogP contribution in [0.25, 0.3) is 10.9 Å². The zero-order chi connectivity index (χ0) is 23.7. The van der Waals surface area contributed by atoms with E-state index in [4.69, 9.17) is 5.73 Å². The molecule has 0 bridgehead atoms. The summed E-state index contributed by atoms with van der Waals surface area (Å²) in [6, 6.07) is 12.3. The van der Waals surface area contributed by atoms with Gasteiger partial charge in [-0.1, -0.05) is 12.1 Å². The van der Waals surface area contributed by atoms with Gasteiger partial charge in [0.15, 0.2) is 0 Å². The third-order valence-corrected chi connectivity index (χ3v) is 7.24. The minimum atomic E-state index is -0.187. The summed E-state index contributed by atoms with van der Waals surface area (Å²) in [6.45, 7) is 2.62. The van der Waals surface area contributed by atoms with Crippen molar-refractivity contribution < 1.29 is 4.79 Å². The average Bonchev–Trinajstić information content (AvgIpc) is 3.69. The zero-order valence-corrected chi connectivity index (χ0v) is 19.7. The summed E-state index contributed by atoms with van der Waals surface area (Å²) in [4.78, 5) is 33.0. The Morgan fingerprint density at radius 1 is 1.24 bits per heavy atom. The van der Waals surface area contributed by atoms with E-state index < -0.39 is 0 Å². The molecule has 34 heavy (non-hydrogen) atoms. The van der Waals surface area contributed by atoms with E-state index in [0.29, 0.717) is 19.6 Å². The van der Waals surface area contributed by atoms with E-state index in [2.05, 4.69) is 33.4 Å². The van der Waals surface area contributed by atoms with Gasteiger partial charge in [0.2, 0.25) is 5.91 Å². The van der Waals surface area contributed by atoms with E-state index in [0.717, 1.165) is 54.3 Å². The maximum Gasteiger partial charge on any atom is 0.250 e. The number of aromatic nitrogens is 2. The van der Waals surface area contributed by atoms with Crippen molar-refractivity contribution in [2.24, 2.45) is 18.7 Å².